The third kappa shape index (κ3) is 6.88. The summed E-state index contributed by atoms with van der Waals surface area (Å²) in [6.45, 7) is 10.8. The topological polar surface area (TPSA) is 24.5 Å². The number of ether oxygens (including phenoxy) is 1. The number of rotatable bonds is 9. The third-order valence-corrected chi connectivity index (χ3v) is 2.94. The Hall–Kier alpha value is -0.120. The summed E-state index contributed by atoms with van der Waals surface area (Å²) in [7, 11) is 3.95. The van der Waals surface area contributed by atoms with E-state index in [1.165, 1.54) is 6.42 Å². The van der Waals surface area contributed by atoms with Gasteiger partial charge in [0.2, 0.25) is 0 Å². The van der Waals surface area contributed by atoms with Crippen molar-refractivity contribution in [2.75, 3.05) is 40.3 Å². The monoisotopic (exact) mass is 216 g/mol. The van der Waals surface area contributed by atoms with E-state index in [9.17, 15) is 0 Å². The summed E-state index contributed by atoms with van der Waals surface area (Å²) in [5.74, 6) is 0. The second-order valence-electron chi connectivity index (χ2n) is 4.50. The largest absolute Gasteiger partial charge is 0.377 e. The summed E-state index contributed by atoms with van der Waals surface area (Å²) >= 11 is 0. The van der Waals surface area contributed by atoms with Gasteiger partial charge in [-0.3, -0.25) is 0 Å². The number of nitrogens with zero attached hydrogens (tertiary/aromatic N) is 1. The molecule has 0 amide bonds. The first-order valence-electron chi connectivity index (χ1n) is 6.02. The van der Waals surface area contributed by atoms with Crippen molar-refractivity contribution in [3.8, 4) is 0 Å². The van der Waals surface area contributed by atoms with Crippen molar-refractivity contribution in [3.63, 3.8) is 0 Å². The quantitative estimate of drug-likeness (QED) is 0.594. The molecule has 0 radical (unpaired) electrons. The smallest absolute Gasteiger partial charge is 0.0774 e. The Labute approximate surface area is 95.2 Å². The lowest BCUT2D eigenvalue weighted by Gasteiger charge is -2.31. The first-order chi connectivity index (χ1) is 7.08. The van der Waals surface area contributed by atoms with E-state index in [0.717, 1.165) is 32.6 Å². The molecule has 0 aliphatic heterocycles. The minimum Gasteiger partial charge on any atom is -0.377 e. The molecule has 0 aromatic carbocycles. The van der Waals surface area contributed by atoms with Gasteiger partial charge in [0.15, 0.2) is 0 Å². The zero-order chi connectivity index (χ0) is 11.7. The lowest BCUT2D eigenvalue weighted by molar-refractivity contribution is -0.0197. The maximum atomic E-state index is 5.52. The van der Waals surface area contributed by atoms with Gasteiger partial charge >= 0.3 is 0 Å². The summed E-state index contributed by atoms with van der Waals surface area (Å²) in [6, 6.07) is 0. The first kappa shape index (κ1) is 14.9. The van der Waals surface area contributed by atoms with Crippen LogP contribution in [0.15, 0.2) is 0 Å². The number of likely N-dealkylation sites (N-methyl/N-ethyl adjacent to an activating group) is 1. The molecular formula is C12H28N2O. The average molecular weight is 216 g/mol. The molecule has 0 spiro atoms. The van der Waals surface area contributed by atoms with E-state index in [1.54, 1.807) is 7.11 Å². The van der Waals surface area contributed by atoms with Crippen molar-refractivity contribution < 1.29 is 4.74 Å². The molecule has 0 saturated heterocycles. The second kappa shape index (κ2) is 8.08. The molecule has 0 rings (SSSR count). The number of nitrogens with one attached hydrogen (secondary N) is 1. The number of hydrogen-bond acceptors (Lipinski definition) is 3. The highest BCUT2D eigenvalue weighted by Crippen LogP contribution is 2.14. The molecule has 0 saturated carbocycles. The van der Waals surface area contributed by atoms with Gasteiger partial charge in [0.05, 0.1) is 5.60 Å². The zero-order valence-electron chi connectivity index (χ0n) is 11.1. The molecule has 3 nitrogen and oxygen atoms in total. The van der Waals surface area contributed by atoms with Crippen molar-refractivity contribution in [1.82, 2.24) is 10.2 Å². The van der Waals surface area contributed by atoms with E-state index in [2.05, 4.69) is 38.0 Å². The summed E-state index contributed by atoms with van der Waals surface area (Å²) in [5, 5.41) is 3.41. The molecule has 0 heterocycles. The Morgan fingerprint density at radius 1 is 1.27 bits per heavy atom. The van der Waals surface area contributed by atoms with E-state index in [0.29, 0.717) is 0 Å². The van der Waals surface area contributed by atoms with Crippen LogP contribution in [0.1, 0.15) is 33.6 Å². The van der Waals surface area contributed by atoms with Gasteiger partial charge in [0.25, 0.3) is 0 Å². The van der Waals surface area contributed by atoms with E-state index >= 15 is 0 Å². The Morgan fingerprint density at radius 2 is 1.93 bits per heavy atom. The molecule has 0 fully saturated rings. The Bertz CT molecular complexity index is 147. The molecule has 0 bridgehead atoms. The molecule has 1 unspecified atom stereocenters. The van der Waals surface area contributed by atoms with Gasteiger partial charge in [-0.25, -0.2) is 0 Å². The van der Waals surface area contributed by atoms with Crippen molar-refractivity contribution >= 4 is 0 Å². The van der Waals surface area contributed by atoms with Gasteiger partial charge in [-0.15, -0.1) is 0 Å². The van der Waals surface area contributed by atoms with Crippen LogP contribution in [-0.4, -0.2) is 50.8 Å². The minimum atomic E-state index is -0.000490. The van der Waals surface area contributed by atoms with Gasteiger partial charge in [0, 0.05) is 26.7 Å². The van der Waals surface area contributed by atoms with Crippen molar-refractivity contribution in [2.24, 2.45) is 0 Å². The predicted octanol–water partition coefficient (Wildman–Crippen LogP) is 1.73. The van der Waals surface area contributed by atoms with Crippen LogP contribution in [0.3, 0.4) is 0 Å². The molecule has 0 aliphatic rings. The van der Waals surface area contributed by atoms with Crippen LogP contribution in [0.2, 0.25) is 0 Å². The minimum absolute atomic E-state index is 0.000490. The van der Waals surface area contributed by atoms with E-state index < -0.39 is 0 Å². The fraction of sp³-hybridized carbons (Fsp3) is 1.00. The molecule has 92 valence electrons. The fourth-order valence-electron chi connectivity index (χ4n) is 1.54. The third-order valence-electron chi connectivity index (χ3n) is 2.94. The fourth-order valence-corrected chi connectivity index (χ4v) is 1.54. The maximum Gasteiger partial charge on any atom is 0.0774 e. The highest BCUT2D eigenvalue weighted by atomic mass is 16.5. The SMILES string of the molecule is CCCNCCN(C)CC(C)(CC)OC. The normalized spacial score (nSPS) is 15.6. The van der Waals surface area contributed by atoms with E-state index in [-0.39, 0.29) is 5.60 Å². The van der Waals surface area contributed by atoms with Gasteiger partial charge in [0.1, 0.15) is 0 Å². The van der Waals surface area contributed by atoms with Crippen LogP contribution < -0.4 is 5.32 Å². The first-order valence-corrected chi connectivity index (χ1v) is 6.02. The van der Waals surface area contributed by atoms with Crippen LogP contribution in [0.4, 0.5) is 0 Å². The average Bonchev–Trinajstić information content (AvgIpc) is 2.24. The second-order valence-corrected chi connectivity index (χ2v) is 4.50. The van der Waals surface area contributed by atoms with Crippen molar-refractivity contribution in [2.45, 2.75) is 39.2 Å². The van der Waals surface area contributed by atoms with Crippen LogP contribution in [0.5, 0.6) is 0 Å². The molecular weight excluding hydrogens is 188 g/mol. The standard InChI is InChI=1S/C12H28N2O/c1-6-8-13-9-10-14(4)11-12(3,7-2)15-5/h13H,6-11H2,1-5H3. The van der Waals surface area contributed by atoms with Gasteiger partial charge in [-0.2, -0.15) is 0 Å². The number of methoxy groups -OCH3 is 1. The highest BCUT2D eigenvalue weighted by molar-refractivity contribution is 4.76. The summed E-state index contributed by atoms with van der Waals surface area (Å²) in [5.41, 5.74) is -0.000490. The van der Waals surface area contributed by atoms with Crippen LogP contribution >= 0.6 is 0 Å². The summed E-state index contributed by atoms with van der Waals surface area (Å²) < 4.78 is 5.52. The Kier molecular flexibility index (Phi) is 8.02. The summed E-state index contributed by atoms with van der Waals surface area (Å²) in [6.07, 6.45) is 2.25. The number of hydrogen-bond donors (Lipinski definition) is 1. The molecule has 15 heavy (non-hydrogen) atoms. The lowest BCUT2D eigenvalue weighted by atomic mass is 10.0. The highest BCUT2D eigenvalue weighted by Gasteiger charge is 2.22. The van der Waals surface area contributed by atoms with Crippen molar-refractivity contribution in [3.05, 3.63) is 0 Å². The molecule has 0 aromatic heterocycles. The summed E-state index contributed by atoms with van der Waals surface area (Å²) in [4.78, 5) is 2.33. The molecule has 0 aromatic rings. The van der Waals surface area contributed by atoms with Gasteiger partial charge in [-0.05, 0) is 33.4 Å². The van der Waals surface area contributed by atoms with Crippen molar-refractivity contribution in [1.29, 1.82) is 0 Å². The van der Waals surface area contributed by atoms with Crippen LogP contribution in [-0.2, 0) is 4.74 Å². The molecule has 3 heteroatoms. The molecule has 0 aliphatic carbocycles. The van der Waals surface area contributed by atoms with Crippen LogP contribution in [0, 0.1) is 0 Å². The Morgan fingerprint density at radius 3 is 2.40 bits per heavy atom. The van der Waals surface area contributed by atoms with E-state index in [1.807, 2.05) is 0 Å². The van der Waals surface area contributed by atoms with Gasteiger partial charge in [-0.1, -0.05) is 13.8 Å². The molecule has 1 atom stereocenters. The zero-order valence-corrected chi connectivity index (χ0v) is 11.1. The predicted molar refractivity (Wildman–Crippen MR) is 66.4 cm³/mol. The lowest BCUT2D eigenvalue weighted by Crippen LogP contribution is -2.42. The molecule has 1 N–H and O–H groups in total. The van der Waals surface area contributed by atoms with E-state index in [4.69, 9.17) is 4.74 Å². The Balaban J connectivity index is 3.67. The van der Waals surface area contributed by atoms with Gasteiger partial charge < -0.3 is 15.0 Å². The maximum absolute atomic E-state index is 5.52. The van der Waals surface area contributed by atoms with Crippen LogP contribution in [0.25, 0.3) is 0 Å².